The highest BCUT2D eigenvalue weighted by Crippen LogP contribution is 2.37. The maximum Gasteiger partial charge on any atom is 0.410 e. The summed E-state index contributed by atoms with van der Waals surface area (Å²) in [5, 5.41) is 1.54. The second-order valence-corrected chi connectivity index (χ2v) is 13.9. The summed E-state index contributed by atoms with van der Waals surface area (Å²) in [5.41, 5.74) is 1.86. The molecule has 4 aromatic rings. The van der Waals surface area contributed by atoms with Gasteiger partial charge in [0.2, 0.25) is 0 Å². The Morgan fingerprint density at radius 3 is 2.19 bits per heavy atom. The van der Waals surface area contributed by atoms with Crippen molar-refractivity contribution in [3.05, 3.63) is 89.1 Å². The zero-order chi connectivity index (χ0) is 33.0. The Hall–Kier alpha value is -4.01. The second kappa shape index (κ2) is 14.4. The SMILES string of the molecule is CC(C)(C)OC(=O)N1CCN(CCCOc2ccc(C(=O)c3cn(C4CCCC4)c4ccc(Oc5ccc(Cl)cc5)cc34)cc2)CC1. The molecule has 8 nitrogen and oxygen atoms in total. The van der Waals surface area contributed by atoms with Crippen LogP contribution in [0.3, 0.4) is 0 Å². The van der Waals surface area contributed by atoms with Gasteiger partial charge in [0.25, 0.3) is 0 Å². The van der Waals surface area contributed by atoms with Crippen LogP contribution in [-0.2, 0) is 4.74 Å². The molecule has 0 unspecified atom stereocenters. The van der Waals surface area contributed by atoms with Gasteiger partial charge in [0.1, 0.15) is 22.8 Å². The van der Waals surface area contributed by atoms with E-state index >= 15 is 0 Å². The van der Waals surface area contributed by atoms with Crippen LogP contribution >= 0.6 is 11.6 Å². The number of ketones is 1. The molecule has 1 aliphatic heterocycles. The molecule has 0 N–H and O–H groups in total. The maximum absolute atomic E-state index is 13.9. The Morgan fingerprint density at radius 1 is 0.851 bits per heavy atom. The van der Waals surface area contributed by atoms with E-state index in [2.05, 4.69) is 15.5 Å². The molecule has 6 rings (SSSR count). The van der Waals surface area contributed by atoms with E-state index in [4.69, 9.17) is 25.8 Å². The van der Waals surface area contributed by atoms with E-state index in [1.165, 1.54) is 12.8 Å². The number of ether oxygens (including phenoxy) is 3. The summed E-state index contributed by atoms with van der Waals surface area (Å²) in [7, 11) is 0. The number of benzene rings is 3. The van der Waals surface area contributed by atoms with E-state index in [1.54, 1.807) is 17.0 Å². The number of hydrogen-bond acceptors (Lipinski definition) is 6. The third-order valence-electron chi connectivity index (χ3n) is 8.84. The van der Waals surface area contributed by atoms with Crippen LogP contribution in [0.25, 0.3) is 10.9 Å². The van der Waals surface area contributed by atoms with Crippen molar-refractivity contribution >= 4 is 34.4 Å². The van der Waals surface area contributed by atoms with E-state index < -0.39 is 5.60 Å². The number of piperazine rings is 1. The summed E-state index contributed by atoms with van der Waals surface area (Å²) in [6, 6.07) is 21.1. The van der Waals surface area contributed by atoms with Gasteiger partial charge in [-0.3, -0.25) is 9.69 Å². The number of carbonyl (C=O) groups excluding carboxylic acids is 2. The first-order valence-electron chi connectivity index (χ1n) is 16.7. The molecule has 1 aliphatic carbocycles. The smallest absolute Gasteiger partial charge is 0.410 e. The van der Waals surface area contributed by atoms with Crippen molar-refractivity contribution in [2.75, 3.05) is 39.3 Å². The molecule has 0 atom stereocenters. The summed E-state index contributed by atoms with van der Waals surface area (Å²) in [5.74, 6) is 2.08. The van der Waals surface area contributed by atoms with Gasteiger partial charge in [0, 0.05) is 72.0 Å². The maximum atomic E-state index is 13.9. The van der Waals surface area contributed by atoms with E-state index in [1.807, 2.05) is 75.5 Å². The van der Waals surface area contributed by atoms with Crippen molar-refractivity contribution in [2.24, 2.45) is 0 Å². The van der Waals surface area contributed by atoms with Crippen LogP contribution in [0, 0.1) is 0 Å². The third kappa shape index (κ3) is 8.29. The van der Waals surface area contributed by atoms with Gasteiger partial charge in [-0.1, -0.05) is 24.4 Å². The normalized spacial score (nSPS) is 16.0. The topological polar surface area (TPSA) is 73.2 Å². The van der Waals surface area contributed by atoms with Crippen molar-refractivity contribution < 1.29 is 23.8 Å². The molecule has 0 radical (unpaired) electrons. The number of carbonyl (C=O) groups is 2. The van der Waals surface area contributed by atoms with Crippen LogP contribution in [0.2, 0.25) is 5.02 Å². The highest BCUT2D eigenvalue weighted by atomic mass is 35.5. The van der Waals surface area contributed by atoms with Gasteiger partial charge in [0.05, 0.1) is 6.61 Å². The predicted molar refractivity (Wildman–Crippen MR) is 185 cm³/mol. The Labute approximate surface area is 282 Å². The zero-order valence-corrected chi connectivity index (χ0v) is 28.3. The summed E-state index contributed by atoms with van der Waals surface area (Å²) in [6.45, 7) is 10.1. The fourth-order valence-corrected chi connectivity index (χ4v) is 6.54. The van der Waals surface area contributed by atoms with Gasteiger partial charge in [0.15, 0.2) is 5.78 Å². The summed E-state index contributed by atoms with van der Waals surface area (Å²) in [4.78, 5) is 30.4. The molecule has 3 aromatic carbocycles. The van der Waals surface area contributed by atoms with Crippen LogP contribution in [-0.4, -0.2) is 71.2 Å². The van der Waals surface area contributed by atoms with Crippen LogP contribution in [0.4, 0.5) is 4.79 Å². The lowest BCUT2D eigenvalue weighted by Crippen LogP contribution is -2.50. The number of halogens is 1. The van der Waals surface area contributed by atoms with E-state index in [0.717, 1.165) is 55.5 Å². The molecule has 1 saturated carbocycles. The first-order valence-corrected chi connectivity index (χ1v) is 17.1. The zero-order valence-electron chi connectivity index (χ0n) is 27.5. The van der Waals surface area contributed by atoms with Crippen LogP contribution in [0.15, 0.2) is 72.9 Å². The lowest BCUT2D eigenvalue weighted by molar-refractivity contribution is 0.0142. The second-order valence-electron chi connectivity index (χ2n) is 13.5. The quantitative estimate of drug-likeness (QED) is 0.125. The molecular formula is C38H44ClN3O5. The van der Waals surface area contributed by atoms with Gasteiger partial charge < -0.3 is 23.7 Å². The fourth-order valence-electron chi connectivity index (χ4n) is 6.42. The summed E-state index contributed by atoms with van der Waals surface area (Å²) < 4.78 is 19.9. The molecule has 1 amide bonds. The molecule has 47 heavy (non-hydrogen) atoms. The Bertz CT molecular complexity index is 1680. The summed E-state index contributed by atoms with van der Waals surface area (Å²) >= 11 is 6.05. The fraction of sp³-hybridized carbons (Fsp3) is 0.421. The van der Waals surface area contributed by atoms with Crippen molar-refractivity contribution in [1.29, 1.82) is 0 Å². The molecule has 2 heterocycles. The van der Waals surface area contributed by atoms with Crippen molar-refractivity contribution in [3.63, 3.8) is 0 Å². The lowest BCUT2D eigenvalue weighted by atomic mass is 10.0. The molecule has 1 aromatic heterocycles. The third-order valence-corrected chi connectivity index (χ3v) is 9.10. The number of hydrogen-bond donors (Lipinski definition) is 0. The average Bonchev–Trinajstić information content (AvgIpc) is 3.72. The minimum atomic E-state index is -0.481. The molecule has 0 bridgehead atoms. The Morgan fingerprint density at radius 2 is 1.51 bits per heavy atom. The first-order chi connectivity index (χ1) is 22.6. The van der Waals surface area contributed by atoms with Gasteiger partial charge in [-0.05, 0) is 107 Å². The number of aromatic nitrogens is 1. The minimum absolute atomic E-state index is 0.0209. The van der Waals surface area contributed by atoms with Crippen LogP contribution in [0.5, 0.6) is 17.2 Å². The summed E-state index contributed by atoms with van der Waals surface area (Å²) in [6.07, 6.45) is 7.31. The average molecular weight is 658 g/mol. The van der Waals surface area contributed by atoms with Crippen molar-refractivity contribution in [3.8, 4) is 17.2 Å². The van der Waals surface area contributed by atoms with Gasteiger partial charge >= 0.3 is 6.09 Å². The van der Waals surface area contributed by atoms with Gasteiger partial charge in [-0.2, -0.15) is 0 Å². The standard InChI is InChI=1S/C38H44ClN3O5/c1-38(2,3)47-37(44)41-22-20-40(21-23-41)19-6-24-45-30-13-9-27(10-14-30)36(43)34-26-42(29-7-4-5-8-29)35-18-17-32(25-33(34)35)46-31-15-11-28(39)12-16-31/h9-18,25-26,29H,4-8,19-24H2,1-3H3. The Balaban J connectivity index is 1.06. The molecular weight excluding hydrogens is 614 g/mol. The number of rotatable bonds is 10. The van der Waals surface area contributed by atoms with E-state index in [-0.39, 0.29) is 11.9 Å². The van der Waals surface area contributed by atoms with Gasteiger partial charge in [-0.25, -0.2) is 4.79 Å². The monoisotopic (exact) mass is 657 g/mol. The van der Waals surface area contributed by atoms with E-state index in [0.29, 0.717) is 53.4 Å². The highest BCUT2D eigenvalue weighted by molar-refractivity contribution is 6.30. The number of amides is 1. The Kier molecular flexibility index (Phi) is 10.1. The predicted octanol–water partition coefficient (Wildman–Crippen LogP) is 8.75. The van der Waals surface area contributed by atoms with Crippen molar-refractivity contribution in [1.82, 2.24) is 14.4 Å². The molecule has 1 saturated heterocycles. The van der Waals surface area contributed by atoms with Crippen molar-refractivity contribution in [2.45, 2.75) is 64.5 Å². The molecule has 9 heteroatoms. The largest absolute Gasteiger partial charge is 0.494 e. The molecule has 248 valence electrons. The number of fused-ring (bicyclic) bond motifs is 1. The van der Waals surface area contributed by atoms with Crippen LogP contribution < -0.4 is 9.47 Å². The van der Waals surface area contributed by atoms with E-state index in [9.17, 15) is 9.59 Å². The van der Waals surface area contributed by atoms with Gasteiger partial charge in [-0.15, -0.1) is 0 Å². The lowest BCUT2D eigenvalue weighted by Gasteiger charge is -2.35. The highest BCUT2D eigenvalue weighted by Gasteiger charge is 2.26. The minimum Gasteiger partial charge on any atom is -0.494 e. The molecule has 2 fully saturated rings. The molecule has 2 aliphatic rings. The molecule has 0 spiro atoms. The first kappa shape index (κ1) is 32.9. The van der Waals surface area contributed by atoms with Crippen LogP contribution in [0.1, 0.15) is 74.8 Å². The number of nitrogens with zero attached hydrogens (tertiary/aromatic N) is 3.